The van der Waals surface area contributed by atoms with Gasteiger partial charge in [0.05, 0.1) is 13.2 Å². The van der Waals surface area contributed by atoms with E-state index in [2.05, 4.69) is 5.32 Å². The molecule has 1 aliphatic rings. The highest BCUT2D eigenvalue weighted by molar-refractivity contribution is 5.82. The molecular weight excluding hydrogens is 212 g/mol. The van der Waals surface area contributed by atoms with Gasteiger partial charge in [0.25, 0.3) is 0 Å². The molecule has 1 unspecified atom stereocenters. The van der Waals surface area contributed by atoms with Crippen LogP contribution < -0.4 is 5.32 Å². The van der Waals surface area contributed by atoms with Crippen LogP contribution in [0.25, 0.3) is 0 Å². The fourth-order valence-corrected chi connectivity index (χ4v) is 1.52. The van der Waals surface area contributed by atoms with E-state index in [1.54, 1.807) is 0 Å². The monoisotopic (exact) mass is 230 g/mol. The van der Waals surface area contributed by atoms with Crippen molar-refractivity contribution in [1.29, 1.82) is 0 Å². The minimum atomic E-state index is -1.02. The predicted molar refractivity (Wildman–Crippen MR) is 57.3 cm³/mol. The first-order valence-electron chi connectivity index (χ1n) is 5.51. The highest BCUT2D eigenvalue weighted by Crippen LogP contribution is 2.07. The second-order valence-electron chi connectivity index (χ2n) is 3.71. The third-order valence-electron chi connectivity index (χ3n) is 2.48. The molecule has 1 saturated heterocycles. The number of aliphatic carboxylic acids is 1. The van der Waals surface area contributed by atoms with Gasteiger partial charge < -0.3 is 20.1 Å². The standard InChI is InChI=1S/C10H18N2O4/c1-2-3-4-11-10(15)12-5-6-16-7-8(12)9(13)14/h8H,2-7H2,1H3,(H,11,15)(H,13,14). The molecule has 0 spiro atoms. The van der Waals surface area contributed by atoms with Crippen LogP contribution in [0.2, 0.25) is 0 Å². The Morgan fingerprint density at radius 3 is 2.94 bits per heavy atom. The maximum atomic E-state index is 11.7. The molecule has 2 N–H and O–H groups in total. The Morgan fingerprint density at radius 2 is 2.31 bits per heavy atom. The molecule has 6 nitrogen and oxygen atoms in total. The molecule has 16 heavy (non-hydrogen) atoms. The van der Waals surface area contributed by atoms with E-state index in [1.165, 1.54) is 4.90 Å². The molecule has 0 bridgehead atoms. The van der Waals surface area contributed by atoms with Crippen molar-refractivity contribution in [3.63, 3.8) is 0 Å². The Balaban J connectivity index is 2.47. The minimum Gasteiger partial charge on any atom is -0.480 e. The third kappa shape index (κ3) is 3.37. The summed E-state index contributed by atoms with van der Waals surface area (Å²) in [6.45, 7) is 3.40. The maximum Gasteiger partial charge on any atom is 0.328 e. The molecule has 1 fully saturated rings. The number of ether oxygens (including phenoxy) is 1. The largest absolute Gasteiger partial charge is 0.480 e. The number of carboxylic acids is 1. The molecule has 6 heteroatoms. The van der Waals surface area contributed by atoms with E-state index in [1.807, 2.05) is 6.92 Å². The molecule has 0 saturated carbocycles. The smallest absolute Gasteiger partial charge is 0.328 e. The first kappa shape index (κ1) is 12.8. The summed E-state index contributed by atoms with van der Waals surface area (Å²) in [7, 11) is 0. The van der Waals surface area contributed by atoms with E-state index < -0.39 is 12.0 Å². The lowest BCUT2D eigenvalue weighted by atomic mass is 10.2. The van der Waals surface area contributed by atoms with Crippen LogP contribution in [0.15, 0.2) is 0 Å². The van der Waals surface area contributed by atoms with Crippen LogP contribution in [-0.2, 0) is 9.53 Å². The number of rotatable bonds is 4. The fourth-order valence-electron chi connectivity index (χ4n) is 1.52. The molecule has 1 atom stereocenters. The molecule has 0 aromatic carbocycles. The highest BCUT2D eigenvalue weighted by Gasteiger charge is 2.32. The van der Waals surface area contributed by atoms with Crippen molar-refractivity contribution in [3.8, 4) is 0 Å². The van der Waals surface area contributed by atoms with E-state index in [0.717, 1.165) is 12.8 Å². The quantitative estimate of drug-likeness (QED) is 0.680. The Hall–Kier alpha value is -1.30. The number of amides is 2. The number of hydrogen-bond donors (Lipinski definition) is 2. The average molecular weight is 230 g/mol. The number of hydrogen-bond acceptors (Lipinski definition) is 3. The topological polar surface area (TPSA) is 78.9 Å². The Kier molecular flexibility index (Phi) is 5.04. The SMILES string of the molecule is CCCCNC(=O)N1CCOCC1C(=O)O. The minimum absolute atomic E-state index is 0.0660. The van der Waals surface area contributed by atoms with Crippen molar-refractivity contribution in [3.05, 3.63) is 0 Å². The van der Waals surface area contributed by atoms with Gasteiger partial charge in [-0.15, -0.1) is 0 Å². The summed E-state index contributed by atoms with van der Waals surface area (Å²) in [5.74, 6) is -1.02. The second-order valence-corrected chi connectivity index (χ2v) is 3.71. The Bertz CT molecular complexity index is 257. The summed E-state index contributed by atoms with van der Waals surface area (Å²) in [5.41, 5.74) is 0. The maximum absolute atomic E-state index is 11.7. The molecule has 1 heterocycles. The van der Waals surface area contributed by atoms with Gasteiger partial charge in [-0.25, -0.2) is 9.59 Å². The lowest BCUT2D eigenvalue weighted by Crippen LogP contribution is -2.55. The van der Waals surface area contributed by atoms with E-state index in [4.69, 9.17) is 9.84 Å². The average Bonchev–Trinajstić information content (AvgIpc) is 2.29. The first-order valence-corrected chi connectivity index (χ1v) is 5.51. The number of morpholine rings is 1. The van der Waals surface area contributed by atoms with Gasteiger partial charge in [-0.1, -0.05) is 13.3 Å². The van der Waals surface area contributed by atoms with Crippen molar-refractivity contribution >= 4 is 12.0 Å². The van der Waals surface area contributed by atoms with Gasteiger partial charge in [0.15, 0.2) is 6.04 Å². The zero-order valence-electron chi connectivity index (χ0n) is 9.44. The van der Waals surface area contributed by atoms with E-state index in [9.17, 15) is 9.59 Å². The number of nitrogens with one attached hydrogen (secondary N) is 1. The van der Waals surface area contributed by atoms with Gasteiger partial charge in [-0.2, -0.15) is 0 Å². The summed E-state index contributed by atoms with van der Waals surface area (Å²) < 4.78 is 5.05. The zero-order chi connectivity index (χ0) is 12.0. The van der Waals surface area contributed by atoms with Gasteiger partial charge in [0.2, 0.25) is 0 Å². The number of unbranched alkanes of at least 4 members (excludes halogenated alkanes) is 1. The van der Waals surface area contributed by atoms with Crippen molar-refractivity contribution < 1.29 is 19.4 Å². The first-order chi connectivity index (χ1) is 7.66. The lowest BCUT2D eigenvalue weighted by Gasteiger charge is -2.32. The van der Waals surface area contributed by atoms with E-state index in [0.29, 0.717) is 19.7 Å². The van der Waals surface area contributed by atoms with Gasteiger partial charge in [0, 0.05) is 13.1 Å². The van der Waals surface area contributed by atoms with Crippen LogP contribution >= 0.6 is 0 Å². The molecule has 0 radical (unpaired) electrons. The molecule has 0 aromatic rings. The summed E-state index contributed by atoms with van der Waals surface area (Å²) in [6.07, 6.45) is 1.89. The van der Waals surface area contributed by atoms with Crippen LogP contribution in [0.5, 0.6) is 0 Å². The van der Waals surface area contributed by atoms with Crippen molar-refractivity contribution in [1.82, 2.24) is 10.2 Å². The lowest BCUT2D eigenvalue weighted by molar-refractivity contribution is -0.147. The number of carbonyl (C=O) groups is 2. The zero-order valence-corrected chi connectivity index (χ0v) is 9.44. The van der Waals surface area contributed by atoms with Gasteiger partial charge in [-0.3, -0.25) is 0 Å². The van der Waals surface area contributed by atoms with E-state index >= 15 is 0 Å². The van der Waals surface area contributed by atoms with Crippen molar-refractivity contribution in [2.24, 2.45) is 0 Å². The Morgan fingerprint density at radius 1 is 1.56 bits per heavy atom. The molecule has 0 aliphatic carbocycles. The predicted octanol–water partition coefficient (Wildman–Crippen LogP) is 0.281. The third-order valence-corrected chi connectivity index (χ3v) is 2.48. The second kappa shape index (κ2) is 6.32. The number of carboxylic acid groups (broad SMARTS) is 1. The van der Waals surface area contributed by atoms with Crippen LogP contribution in [0.3, 0.4) is 0 Å². The molecule has 0 aromatic heterocycles. The molecule has 2 amide bonds. The van der Waals surface area contributed by atoms with Crippen LogP contribution in [0.1, 0.15) is 19.8 Å². The number of carbonyl (C=O) groups excluding carboxylic acids is 1. The summed E-state index contributed by atoms with van der Waals surface area (Å²) >= 11 is 0. The van der Waals surface area contributed by atoms with Crippen LogP contribution in [0, 0.1) is 0 Å². The fraction of sp³-hybridized carbons (Fsp3) is 0.800. The number of urea groups is 1. The molecule has 1 aliphatic heterocycles. The van der Waals surface area contributed by atoms with E-state index in [-0.39, 0.29) is 12.6 Å². The molecule has 92 valence electrons. The number of nitrogens with zero attached hydrogens (tertiary/aromatic N) is 1. The van der Waals surface area contributed by atoms with Crippen LogP contribution in [-0.4, -0.2) is 54.4 Å². The highest BCUT2D eigenvalue weighted by atomic mass is 16.5. The van der Waals surface area contributed by atoms with Crippen molar-refractivity contribution in [2.75, 3.05) is 26.3 Å². The van der Waals surface area contributed by atoms with Crippen LogP contribution in [0.4, 0.5) is 4.79 Å². The molecule has 1 rings (SSSR count). The van der Waals surface area contributed by atoms with Crippen molar-refractivity contribution in [2.45, 2.75) is 25.8 Å². The normalized spacial score (nSPS) is 20.6. The summed E-state index contributed by atoms with van der Waals surface area (Å²) in [5, 5.41) is 11.6. The summed E-state index contributed by atoms with van der Waals surface area (Å²) in [4.78, 5) is 23.9. The van der Waals surface area contributed by atoms with Gasteiger partial charge >= 0.3 is 12.0 Å². The van der Waals surface area contributed by atoms with Gasteiger partial charge in [-0.05, 0) is 6.42 Å². The Labute approximate surface area is 94.6 Å². The molecular formula is C10H18N2O4. The summed E-state index contributed by atoms with van der Waals surface area (Å²) in [6, 6.07) is -1.18. The van der Waals surface area contributed by atoms with Gasteiger partial charge in [0.1, 0.15) is 0 Å².